The number of benzene rings is 1. The lowest BCUT2D eigenvalue weighted by atomic mass is 10.1. The molecule has 0 radical (unpaired) electrons. The number of aromatic nitrogens is 2. The molecule has 2 rings (SSSR count). The van der Waals surface area contributed by atoms with Crippen molar-refractivity contribution >= 4 is 9.84 Å². The normalized spacial score (nSPS) is 13.4. The van der Waals surface area contributed by atoms with E-state index in [1.807, 2.05) is 17.8 Å². The van der Waals surface area contributed by atoms with Crippen LogP contribution in [0, 0.1) is 0 Å². The van der Waals surface area contributed by atoms with Crippen LogP contribution in [0.1, 0.15) is 17.4 Å². The fourth-order valence-electron chi connectivity index (χ4n) is 1.88. The van der Waals surface area contributed by atoms with Crippen LogP contribution in [0.15, 0.2) is 41.6 Å². The van der Waals surface area contributed by atoms with Gasteiger partial charge in [-0.1, -0.05) is 12.1 Å². The second-order valence-corrected chi connectivity index (χ2v) is 6.35. The number of hydrogen-bond donors (Lipinski definition) is 2. The molecular weight excluding hydrogens is 264 g/mol. The second kappa shape index (κ2) is 5.12. The summed E-state index contributed by atoms with van der Waals surface area (Å²) in [7, 11) is -1.31. The van der Waals surface area contributed by atoms with Gasteiger partial charge in [-0.15, -0.1) is 0 Å². The minimum atomic E-state index is -3.19. The summed E-state index contributed by atoms with van der Waals surface area (Å²) in [5.41, 5.74) is 3.54. The van der Waals surface area contributed by atoms with Gasteiger partial charge in [0, 0.05) is 25.7 Å². The van der Waals surface area contributed by atoms with Gasteiger partial charge in [0.15, 0.2) is 9.84 Å². The average Bonchev–Trinajstić information content (AvgIpc) is 2.76. The Kier molecular flexibility index (Phi) is 3.70. The molecule has 2 aromatic rings. The first-order chi connectivity index (χ1) is 8.93. The van der Waals surface area contributed by atoms with Gasteiger partial charge in [0.1, 0.15) is 11.9 Å². The van der Waals surface area contributed by atoms with Gasteiger partial charge in [0.25, 0.3) is 0 Å². The Hall–Kier alpha value is -1.70. The lowest BCUT2D eigenvalue weighted by Gasteiger charge is -2.16. The van der Waals surface area contributed by atoms with Crippen LogP contribution in [-0.2, 0) is 16.9 Å². The summed E-state index contributed by atoms with van der Waals surface area (Å²) in [6.07, 6.45) is 4.69. The molecule has 0 saturated carbocycles. The Bertz CT molecular complexity index is 661. The SMILES string of the molecule is Cn1ccnc1C(NN)c1ccc(S(C)(=O)=O)cc1. The predicted octanol–water partition coefficient (Wildman–Crippen LogP) is 0.376. The third-order valence-corrected chi connectivity index (χ3v) is 4.05. The monoisotopic (exact) mass is 280 g/mol. The third-order valence-electron chi connectivity index (χ3n) is 2.92. The lowest BCUT2D eigenvalue weighted by molar-refractivity contribution is 0.579. The first kappa shape index (κ1) is 13.7. The molecule has 1 aromatic heterocycles. The molecule has 0 aliphatic carbocycles. The number of nitrogens with two attached hydrogens (primary N) is 1. The summed E-state index contributed by atoms with van der Waals surface area (Å²) in [6, 6.07) is 6.31. The topological polar surface area (TPSA) is 90.0 Å². The number of rotatable bonds is 4. The summed E-state index contributed by atoms with van der Waals surface area (Å²) >= 11 is 0. The van der Waals surface area contributed by atoms with E-state index in [0.29, 0.717) is 0 Å². The largest absolute Gasteiger partial charge is 0.336 e. The smallest absolute Gasteiger partial charge is 0.175 e. The highest BCUT2D eigenvalue weighted by Crippen LogP contribution is 2.21. The molecule has 1 aromatic carbocycles. The van der Waals surface area contributed by atoms with Crippen molar-refractivity contribution in [3.8, 4) is 0 Å². The van der Waals surface area contributed by atoms with Crippen molar-refractivity contribution < 1.29 is 8.42 Å². The van der Waals surface area contributed by atoms with Crippen LogP contribution < -0.4 is 11.3 Å². The molecule has 102 valence electrons. The number of nitrogens with zero attached hydrogens (tertiary/aromatic N) is 2. The molecule has 1 unspecified atom stereocenters. The van der Waals surface area contributed by atoms with Gasteiger partial charge >= 0.3 is 0 Å². The summed E-state index contributed by atoms with van der Waals surface area (Å²) < 4.78 is 24.7. The van der Waals surface area contributed by atoms with Gasteiger partial charge in [-0.05, 0) is 17.7 Å². The van der Waals surface area contributed by atoms with Crippen LogP contribution in [0.3, 0.4) is 0 Å². The molecule has 19 heavy (non-hydrogen) atoms. The van der Waals surface area contributed by atoms with E-state index < -0.39 is 9.84 Å². The van der Waals surface area contributed by atoms with Gasteiger partial charge in [-0.25, -0.2) is 18.8 Å². The molecule has 0 saturated heterocycles. The number of hydrogen-bond acceptors (Lipinski definition) is 5. The molecule has 7 heteroatoms. The van der Waals surface area contributed by atoms with Crippen molar-refractivity contribution in [1.82, 2.24) is 15.0 Å². The summed E-state index contributed by atoms with van der Waals surface area (Å²) in [5.74, 6) is 6.33. The van der Waals surface area contributed by atoms with Crippen LogP contribution in [0.25, 0.3) is 0 Å². The molecule has 0 bridgehead atoms. The maximum atomic E-state index is 11.4. The molecule has 0 fully saturated rings. The second-order valence-electron chi connectivity index (χ2n) is 4.34. The zero-order valence-corrected chi connectivity index (χ0v) is 11.6. The Morgan fingerprint density at radius 1 is 1.32 bits per heavy atom. The summed E-state index contributed by atoms with van der Waals surface area (Å²) in [5, 5.41) is 0. The molecule has 0 amide bonds. The Labute approximate surface area is 112 Å². The van der Waals surface area contributed by atoms with Crippen molar-refractivity contribution in [1.29, 1.82) is 0 Å². The van der Waals surface area contributed by atoms with E-state index in [9.17, 15) is 8.42 Å². The van der Waals surface area contributed by atoms with Gasteiger partial charge in [0.05, 0.1) is 4.90 Å². The number of imidazole rings is 1. The number of aryl methyl sites for hydroxylation is 1. The molecular formula is C12H16N4O2S. The van der Waals surface area contributed by atoms with E-state index in [4.69, 9.17) is 5.84 Å². The molecule has 3 N–H and O–H groups in total. The molecule has 1 atom stereocenters. The molecule has 6 nitrogen and oxygen atoms in total. The van der Waals surface area contributed by atoms with Gasteiger partial charge in [-0.3, -0.25) is 5.84 Å². The standard InChI is InChI=1S/C12H16N4O2S/c1-16-8-7-14-12(16)11(15-13)9-3-5-10(6-4-9)19(2,17)18/h3-8,11,15H,13H2,1-2H3. The van der Waals surface area contributed by atoms with Crippen LogP contribution >= 0.6 is 0 Å². The van der Waals surface area contributed by atoms with Crippen LogP contribution in [0.2, 0.25) is 0 Å². The van der Waals surface area contributed by atoms with E-state index in [1.54, 1.807) is 30.5 Å². The average molecular weight is 280 g/mol. The van der Waals surface area contributed by atoms with E-state index in [0.717, 1.165) is 11.4 Å². The van der Waals surface area contributed by atoms with Crippen LogP contribution in [-0.4, -0.2) is 24.2 Å². The molecule has 0 aliphatic heterocycles. The van der Waals surface area contributed by atoms with E-state index >= 15 is 0 Å². The molecule has 0 spiro atoms. The van der Waals surface area contributed by atoms with Crippen molar-refractivity contribution in [2.75, 3.05) is 6.26 Å². The lowest BCUT2D eigenvalue weighted by Crippen LogP contribution is -2.30. The maximum absolute atomic E-state index is 11.4. The van der Waals surface area contributed by atoms with Crippen molar-refractivity contribution in [3.63, 3.8) is 0 Å². The highest BCUT2D eigenvalue weighted by Gasteiger charge is 2.17. The third kappa shape index (κ3) is 2.83. The molecule has 0 aliphatic rings. The zero-order chi connectivity index (χ0) is 14.0. The van der Waals surface area contributed by atoms with Crippen molar-refractivity contribution in [3.05, 3.63) is 48.0 Å². The fraction of sp³-hybridized carbons (Fsp3) is 0.250. The van der Waals surface area contributed by atoms with Gasteiger partial charge < -0.3 is 4.57 Å². The highest BCUT2D eigenvalue weighted by molar-refractivity contribution is 7.90. The maximum Gasteiger partial charge on any atom is 0.175 e. The first-order valence-corrected chi connectivity index (χ1v) is 7.56. The van der Waals surface area contributed by atoms with Gasteiger partial charge in [-0.2, -0.15) is 0 Å². The first-order valence-electron chi connectivity index (χ1n) is 5.67. The zero-order valence-electron chi connectivity index (χ0n) is 10.7. The van der Waals surface area contributed by atoms with Gasteiger partial charge in [0.2, 0.25) is 0 Å². The van der Waals surface area contributed by atoms with Crippen molar-refractivity contribution in [2.24, 2.45) is 12.9 Å². The van der Waals surface area contributed by atoms with E-state index in [1.165, 1.54) is 6.26 Å². The summed E-state index contributed by atoms with van der Waals surface area (Å²) in [4.78, 5) is 4.52. The number of sulfone groups is 1. The van der Waals surface area contributed by atoms with E-state index in [-0.39, 0.29) is 10.9 Å². The van der Waals surface area contributed by atoms with Crippen LogP contribution in [0.4, 0.5) is 0 Å². The molecule has 1 heterocycles. The highest BCUT2D eigenvalue weighted by atomic mass is 32.2. The Morgan fingerprint density at radius 2 is 1.95 bits per heavy atom. The summed E-state index contributed by atoms with van der Waals surface area (Å²) in [6.45, 7) is 0. The number of hydrazine groups is 1. The quantitative estimate of drug-likeness (QED) is 0.624. The Balaban J connectivity index is 2.38. The van der Waals surface area contributed by atoms with Crippen LogP contribution in [0.5, 0.6) is 0 Å². The van der Waals surface area contributed by atoms with E-state index in [2.05, 4.69) is 10.4 Å². The fourth-order valence-corrected chi connectivity index (χ4v) is 2.51. The minimum Gasteiger partial charge on any atom is -0.336 e. The number of nitrogens with one attached hydrogen (secondary N) is 1. The Morgan fingerprint density at radius 3 is 2.37 bits per heavy atom. The predicted molar refractivity (Wildman–Crippen MR) is 71.9 cm³/mol. The minimum absolute atomic E-state index is 0.284. The van der Waals surface area contributed by atoms with Crippen molar-refractivity contribution in [2.45, 2.75) is 10.9 Å².